The fourth-order valence-electron chi connectivity index (χ4n) is 2.93. The number of aromatic hydroxyl groups is 1. The van der Waals surface area contributed by atoms with Gasteiger partial charge in [-0.1, -0.05) is 64.0 Å². The minimum atomic E-state index is -0.154. The van der Waals surface area contributed by atoms with Crippen molar-refractivity contribution >= 4 is 10.9 Å². The first-order valence-corrected chi connectivity index (χ1v) is 8.57. The van der Waals surface area contributed by atoms with E-state index in [4.69, 9.17) is 0 Å². The van der Waals surface area contributed by atoms with Crippen LogP contribution >= 0.6 is 0 Å². The summed E-state index contributed by atoms with van der Waals surface area (Å²) in [4.78, 5) is 14.9. The second kappa shape index (κ2) is 8.62. The molecule has 0 aliphatic heterocycles. The predicted octanol–water partition coefficient (Wildman–Crippen LogP) is 4.92. The average Bonchev–Trinajstić information content (AvgIpc) is 2.52. The second-order valence-electron chi connectivity index (χ2n) is 6.05. The Bertz CT molecular complexity index is 645. The van der Waals surface area contributed by atoms with Crippen LogP contribution in [0.5, 0.6) is 5.75 Å². The standard InChI is InChI=1S/C19H27NO2/c1-2-3-4-5-6-7-8-9-13-16-18(21)15-12-10-11-14-17(15)20-19(16)22/h10-12,14H,2-9,13H2,1H3,(H2,20,21,22). The lowest BCUT2D eigenvalue weighted by Gasteiger charge is -2.07. The van der Waals surface area contributed by atoms with Crippen molar-refractivity contribution in [3.8, 4) is 5.75 Å². The molecule has 2 rings (SSSR count). The third kappa shape index (κ3) is 4.36. The third-order valence-corrected chi connectivity index (χ3v) is 4.27. The van der Waals surface area contributed by atoms with Gasteiger partial charge in [-0.15, -0.1) is 0 Å². The van der Waals surface area contributed by atoms with Crippen LogP contribution in [0.2, 0.25) is 0 Å². The maximum Gasteiger partial charge on any atom is 0.255 e. The van der Waals surface area contributed by atoms with Crippen molar-refractivity contribution in [3.63, 3.8) is 0 Å². The van der Waals surface area contributed by atoms with Crippen molar-refractivity contribution in [2.75, 3.05) is 0 Å². The number of hydrogen-bond donors (Lipinski definition) is 2. The number of H-pyrrole nitrogens is 1. The molecule has 3 nitrogen and oxygen atoms in total. The monoisotopic (exact) mass is 301 g/mol. The van der Waals surface area contributed by atoms with Crippen LogP contribution in [0.15, 0.2) is 29.1 Å². The van der Waals surface area contributed by atoms with Gasteiger partial charge in [-0.3, -0.25) is 4.79 Å². The summed E-state index contributed by atoms with van der Waals surface area (Å²) >= 11 is 0. The maximum absolute atomic E-state index is 12.1. The van der Waals surface area contributed by atoms with E-state index in [1.807, 2.05) is 24.3 Å². The van der Waals surface area contributed by atoms with E-state index in [0.29, 0.717) is 17.5 Å². The molecular weight excluding hydrogens is 274 g/mol. The lowest BCUT2D eigenvalue weighted by molar-refractivity contribution is 0.470. The molecule has 22 heavy (non-hydrogen) atoms. The van der Waals surface area contributed by atoms with Crippen molar-refractivity contribution < 1.29 is 5.11 Å². The van der Waals surface area contributed by atoms with E-state index >= 15 is 0 Å². The minimum absolute atomic E-state index is 0.154. The Balaban J connectivity index is 1.86. The number of unbranched alkanes of at least 4 members (excludes halogenated alkanes) is 7. The number of hydrogen-bond acceptors (Lipinski definition) is 2. The molecule has 3 heteroatoms. The molecule has 1 aromatic carbocycles. The van der Waals surface area contributed by atoms with Crippen LogP contribution in [0, 0.1) is 0 Å². The zero-order valence-electron chi connectivity index (χ0n) is 13.5. The summed E-state index contributed by atoms with van der Waals surface area (Å²) in [5.74, 6) is 0.155. The summed E-state index contributed by atoms with van der Waals surface area (Å²) in [6.45, 7) is 2.23. The zero-order valence-corrected chi connectivity index (χ0v) is 13.5. The summed E-state index contributed by atoms with van der Waals surface area (Å²) in [6, 6.07) is 7.39. The van der Waals surface area contributed by atoms with E-state index in [1.54, 1.807) is 0 Å². The molecule has 0 fully saturated rings. The normalized spacial score (nSPS) is 11.1. The molecule has 0 atom stereocenters. The van der Waals surface area contributed by atoms with Crippen LogP contribution in [-0.4, -0.2) is 10.1 Å². The van der Waals surface area contributed by atoms with E-state index in [0.717, 1.165) is 18.2 Å². The Morgan fingerprint density at radius 1 is 0.955 bits per heavy atom. The van der Waals surface area contributed by atoms with Gasteiger partial charge in [-0.25, -0.2) is 0 Å². The van der Waals surface area contributed by atoms with E-state index in [2.05, 4.69) is 11.9 Å². The highest BCUT2D eigenvalue weighted by Crippen LogP contribution is 2.25. The highest BCUT2D eigenvalue weighted by Gasteiger charge is 2.10. The summed E-state index contributed by atoms with van der Waals surface area (Å²) in [7, 11) is 0. The number of benzene rings is 1. The van der Waals surface area contributed by atoms with Gasteiger partial charge >= 0.3 is 0 Å². The number of nitrogens with one attached hydrogen (secondary N) is 1. The topological polar surface area (TPSA) is 53.1 Å². The predicted molar refractivity (Wildman–Crippen MR) is 92.5 cm³/mol. The fourth-order valence-corrected chi connectivity index (χ4v) is 2.93. The van der Waals surface area contributed by atoms with Crippen molar-refractivity contribution in [1.29, 1.82) is 0 Å². The first-order chi connectivity index (χ1) is 10.7. The second-order valence-corrected chi connectivity index (χ2v) is 6.05. The lowest BCUT2D eigenvalue weighted by atomic mass is 10.0. The van der Waals surface area contributed by atoms with Crippen LogP contribution in [0.4, 0.5) is 0 Å². The molecule has 0 aliphatic rings. The summed E-state index contributed by atoms with van der Waals surface area (Å²) in [5.41, 5.74) is 1.08. The van der Waals surface area contributed by atoms with Gasteiger partial charge < -0.3 is 10.1 Å². The van der Waals surface area contributed by atoms with Crippen molar-refractivity contribution in [2.45, 2.75) is 64.7 Å². The quantitative estimate of drug-likeness (QED) is 0.646. The molecule has 0 unspecified atom stereocenters. The van der Waals surface area contributed by atoms with Crippen molar-refractivity contribution in [1.82, 2.24) is 4.98 Å². The zero-order chi connectivity index (χ0) is 15.8. The van der Waals surface area contributed by atoms with Gasteiger partial charge in [0.15, 0.2) is 0 Å². The summed E-state index contributed by atoms with van der Waals surface area (Å²) in [5, 5.41) is 11.0. The van der Waals surface area contributed by atoms with E-state index in [9.17, 15) is 9.90 Å². The number of aromatic nitrogens is 1. The molecule has 0 bridgehead atoms. The Morgan fingerprint density at radius 2 is 1.59 bits per heavy atom. The molecule has 0 amide bonds. The average molecular weight is 301 g/mol. The highest BCUT2D eigenvalue weighted by atomic mass is 16.3. The van der Waals surface area contributed by atoms with Crippen LogP contribution in [-0.2, 0) is 6.42 Å². The van der Waals surface area contributed by atoms with Gasteiger partial charge in [0.25, 0.3) is 5.56 Å². The first kappa shape index (κ1) is 16.6. The Morgan fingerprint density at radius 3 is 2.32 bits per heavy atom. The minimum Gasteiger partial charge on any atom is -0.507 e. The third-order valence-electron chi connectivity index (χ3n) is 4.27. The van der Waals surface area contributed by atoms with E-state index < -0.39 is 0 Å². The maximum atomic E-state index is 12.1. The van der Waals surface area contributed by atoms with E-state index in [-0.39, 0.29) is 11.3 Å². The van der Waals surface area contributed by atoms with Gasteiger partial charge in [-0.2, -0.15) is 0 Å². The number of rotatable bonds is 9. The van der Waals surface area contributed by atoms with Crippen molar-refractivity contribution in [2.24, 2.45) is 0 Å². The summed E-state index contributed by atoms with van der Waals surface area (Å²) < 4.78 is 0. The molecular formula is C19H27NO2. The molecule has 0 spiro atoms. The summed E-state index contributed by atoms with van der Waals surface area (Å²) in [6.07, 6.45) is 10.5. The Kier molecular flexibility index (Phi) is 6.50. The van der Waals surface area contributed by atoms with Crippen LogP contribution in [0.25, 0.3) is 10.9 Å². The molecule has 0 radical (unpaired) electrons. The number of pyridine rings is 1. The van der Waals surface area contributed by atoms with Crippen molar-refractivity contribution in [3.05, 3.63) is 40.2 Å². The van der Waals surface area contributed by atoms with E-state index in [1.165, 1.54) is 38.5 Å². The van der Waals surface area contributed by atoms with Crippen LogP contribution in [0.1, 0.15) is 63.9 Å². The number of fused-ring (bicyclic) bond motifs is 1. The SMILES string of the molecule is CCCCCCCCCCc1c(O)c2ccccc2[nH]c1=O. The van der Waals surface area contributed by atoms with Gasteiger partial charge in [-0.05, 0) is 25.0 Å². The Labute approximate surface area is 132 Å². The number of para-hydroxylation sites is 1. The smallest absolute Gasteiger partial charge is 0.255 e. The molecule has 1 heterocycles. The lowest BCUT2D eigenvalue weighted by Crippen LogP contribution is -2.12. The largest absolute Gasteiger partial charge is 0.507 e. The van der Waals surface area contributed by atoms with Crippen LogP contribution < -0.4 is 5.56 Å². The Hall–Kier alpha value is -1.77. The highest BCUT2D eigenvalue weighted by molar-refractivity contribution is 5.85. The molecule has 120 valence electrons. The van der Waals surface area contributed by atoms with Gasteiger partial charge in [0.1, 0.15) is 5.75 Å². The van der Waals surface area contributed by atoms with Crippen LogP contribution in [0.3, 0.4) is 0 Å². The number of aromatic amines is 1. The van der Waals surface area contributed by atoms with Gasteiger partial charge in [0.2, 0.25) is 0 Å². The molecule has 0 aliphatic carbocycles. The van der Waals surface area contributed by atoms with Gasteiger partial charge in [0, 0.05) is 5.39 Å². The molecule has 0 saturated heterocycles. The van der Waals surface area contributed by atoms with Gasteiger partial charge in [0.05, 0.1) is 11.1 Å². The molecule has 2 N–H and O–H groups in total. The first-order valence-electron chi connectivity index (χ1n) is 8.57. The molecule has 2 aromatic rings. The fraction of sp³-hybridized carbons (Fsp3) is 0.526. The molecule has 1 aromatic heterocycles. The molecule has 0 saturated carbocycles.